The molecule has 0 aromatic rings. The summed E-state index contributed by atoms with van der Waals surface area (Å²) in [6, 6.07) is 0. The molecule has 3 atom stereocenters. The molecule has 0 bridgehead atoms. The van der Waals surface area contributed by atoms with Crippen LogP contribution in [0.1, 0.15) is 51.9 Å². The van der Waals surface area contributed by atoms with Crippen LogP contribution in [-0.2, 0) is 4.74 Å². The van der Waals surface area contributed by atoms with Gasteiger partial charge in [0.2, 0.25) is 0 Å². The van der Waals surface area contributed by atoms with E-state index in [1.54, 1.807) is 0 Å². The fourth-order valence-electron chi connectivity index (χ4n) is 3.33. The maximum absolute atomic E-state index is 9.11. The summed E-state index contributed by atoms with van der Waals surface area (Å²) >= 11 is 0. The van der Waals surface area contributed by atoms with Gasteiger partial charge in [0, 0.05) is 0 Å². The minimum absolute atomic E-state index is 0.127. The second-order valence-corrected chi connectivity index (χ2v) is 4.88. The van der Waals surface area contributed by atoms with E-state index in [-0.39, 0.29) is 18.3 Å². The fourth-order valence-corrected chi connectivity index (χ4v) is 3.33. The molecule has 1 saturated carbocycles. The van der Waals surface area contributed by atoms with Gasteiger partial charge in [-0.05, 0) is 31.6 Å². The Kier molecular flexibility index (Phi) is 3.13. The van der Waals surface area contributed by atoms with E-state index >= 15 is 0 Å². The maximum atomic E-state index is 9.11. The zero-order valence-electron chi connectivity index (χ0n) is 9.17. The molecule has 2 heteroatoms. The van der Waals surface area contributed by atoms with E-state index in [0.29, 0.717) is 0 Å². The summed E-state index contributed by atoms with van der Waals surface area (Å²) in [5.74, 6) is 0.743. The molecule has 1 N–H and O–H groups in total. The predicted molar refractivity (Wildman–Crippen MR) is 56.2 cm³/mol. The lowest BCUT2D eigenvalue weighted by molar-refractivity contribution is -0.111. The van der Waals surface area contributed by atoms with Crippen molar-refractivity contribution in [3.8, 4) is 0 Å². The lowest BCUT2D eigenvalue weighted by atomic mass is 9.72. The van der Waals surface area contributed by atoms with Crippen LogP contribution < -0.4 is 0 Å². The Morgan fingerprint density at radius 3 is 2.79 bits per heavy atom. The third kappa shape index (κ3) is 1.70. The zero-order valence-corrected chi connectivity index (χ0v) is 9.17. The normalized spacial score (nSPS) is 43.3. The summed E-state index contributed by atoms with van der Waals surface area (Å²) in [5.41, 5.74) is 0.153. The van der Waals surface area contributed by atoms with Gasteiger partial charge in [0.25, 0.3) is 0 Å². The molecule has 0 aromatic carbocycles. The average molecular weight is 198 g/mol. The van der Waals surface area contributed by atoms with Crippen LogP contribution in [0.25, 0.3) is 0 Å². The number of aliphatic hydroxyl groups is 1. The molecule has 2 aliphatic rings. The summed E-state index contributed by atoms with van der Waals surface area (Å²) in [6.07, 6.45) is 8.84. The van der Waals surface area contributed by atoms with Gasteiger partial charge in [0.15, 0.2) is 0 Å². The van der Waals surface area contributed by atoms with Gasteiger partial charge in [-0.1, -0.05) is 26.2 Å². The van der Waals surface area contributed by atoms with E-state index in [0.717, 1.165) is 12.3 Å². The van der Waals surface area contributed by atoms with Gasteiger partial charge in [-0.2, -0.15) is 0 Å². The maximum Gasteiger partial charge on any atom is 0.0814 e. The Labute approximate surface area is 86.6 Å². The molecule has 0 radical (unpaired) electrons. The molecule has 2 fully saturated rings. The van der Waals surface area contributed by atoms with E-state index in [4.69, 9.17) is 9.84 Å². The van der Waals surface area contributed by atoms with Crippen molar-refractivity contribution in [3.05, 3.63) is 0 Å². The second kappa shape index (κ2) is 4.19. The third-order valence-corrected chi connectivity index (χ3v) is 4.13. The molecule has 2 rings (SSSR count). The van der Waals surface area contributed by atoms with Crippen LogP contribution in [0.3, 0.4) is 0 Å². The van der Waals surface area contributed by atoms with Crippen LogP contribution in [0.5, 0.6) is 0 Å². The number of hydrogen-bond donors (Lipinski definition) is 1. The van der Waals surface area contributed by atoms with Crippen LogP contribution in [0.2, 0.25) is 0 Å². The predicted octanol–water partition coefficient (Wildman–Crippen LogP) is 2.50. The fraction of sp³-hybridized carbons (Fsp3) is 1.00. The van der Waals surface area contributed by atoms with Gasteiger partial charge in [-0.3, -0.25) is 0 Å². The highest BCUT2D eigenvalue weighted by molar-refractivity contribution is 4.96. The first-order chi connectivity index (χ1) is 6.80. The molecule has 2 nitrogen and oxygen atoms in total. The van der Waals surface area contributed by atoms with Gasteiger partial charge < -0.3 is 9.84 Å². The third-order valence-electron chi connectivity index (χ3n) is 4.13. The minimum Gasteiger partial charge on any atom is -0.394 e. The monoisotopic (exact) mass is 198 g/mol. The van der Waals surface area contributed by atoms with E-state index in [1.165, 1.54) is 38.5 Å². The van der Waals surface area contributed by atoms with Crippen molar-refractivity contribution in [2.75, 3.05) is 6.61 Å². The van der Waals surface area contributed by atoms with E-state index in [2.05, 4.69) is 6.92 Å². The molecule has 1 heterocycles. The van der Waals surface area contributed by atoms with Crippen molar-refractivity contribution in [2.24, 2.45) is 5.92 Å². The molecule has 0 amide bonds. The first-order valence-electron chi connectivity index (χ1n) is 6.09. The highest BCUT2D eigenvalue weighted by atomic mass is 16.5. The number of rotatable bonds is 2. The molecule has 1 spiro atoms. The smallest absolute Gasteiger partial charge is 0.0814 e. The molecule has 3 unspecified atom stereocenters. The molecule has 82 valence electrons. The lowest BCUT2D eigenvalue weighted by Crippen LogP contribution is -2.40. The Hall–Kier alpha value is -0.0800. The number of aliphatic hydroxyl groups excluding tert-OH is 1. The Balaban J connectivity index is 2.05. The Morgan fingerprint density at radius 2 is 2.14 bits per heavy atom. The lowest BCUT2D eigenvalue weighted by Gasteiger charge is -2.41. The minimum atomic E-state index is 0.127. The van der Waals surface area contributed by atoms with Crippen molar-refractivity contribution < 1.29 is 9.84 Å². The van der Waals surface area contributed by atoms with Gasteiger partial charge in [0.1, 0.15) is 0 Å². The van der Waals surface area contributed by atoms with Crippen molar-refractivity contribution >= 4 is 0 Å². The average Bonchev–Trinajstić information content (AvgIpc) is 2.63. The summed E-state index contributed by atoms with van der Waals surface area (Å²) < 4.78 is 6.09. The standard InChI is InChI=1S/C12H22O2/c1-2-10-5-3-4-7-12(10)8-6-11(9-13)14-12/h10-11,13H,2-9H2,1H3. The van der Waals surface area contributed by atoms with E-state index in [1.807, 2.05) is 0 Å². The van der Waals surface area contributed by atoms with Crippen molar-refractivity contribution in [1.82, 2.24) is 0 Å². The highest BCUT2D eigenvalue weighted by Crippen LogP contribution is 2.46. The summed E-state index contributed by atoms with van der Waals surface area (Å²) in [4.78, 5) is 0. The van der Waals surface area contributed by atoms with Gasteiger partial charge in [-0.25, -0.2) is 0 Å². The molecule has 1 saturated heterocycles. The molecule has 14 heavy (non-hydrogen) atoms. The molecular weight excluding hydrogens is 176 g/mol. The zero-order chi connectivity index (χ0) is 10.0. The molecule has 1 aliphatic carbocycles. The molecule has 1 aliphatic heterocycles. The quantitative estimate of drug-likeness (QED) is 0.738. The summed E-state index contributed by atoms with van der Waals surface area (Å²) in [6.45, 7) is 2.48. The Bertz CT molecular complexity index is 193. The largest absolute Gasteiger partial charge is 0.394 e. The first kappa shape index (κ1) is 10.4. The summed E-state index contributed by atoms with van der Waals surface area (Å²) in [7, 11) is 0. The van der Waals surface area contributed by atoms with E-state index in [9.17, 15) is 0 Å². The first-order valence-corrected chi connectivity index (χ1v) is 6.09. The van der Waals surface area contributed by atoms with Gasteiger partial charge in [0.05, 0.1) is 18.3 Å². The molecule has 0 aromatic heterocycles. The van der Waals surface area contributed by atoms with Crippen LogP contribution in [-0.4, -0.2) is 23.4 Å². The second-order valence-electron chi connectivity index (χ2n) is 4.88. The highest BCUT2D eigenvalue weighted by Gasteiger charge is 2.46. The van der Waals surface area contributed by atoms with E-state index < -0.39 is 0 Å². The van der Waals surface area contributed by atoms with Crippen molar-refractivity contribution in [3.63, 3.8) is 0 Å². The van der Waals surface area contributed by atoms with Crippen LogP contribution >= 0.6 is 0 Å². The van der Waals surface area contributed by atoms with Crippen molar-refractivity contribution in [2.45, 2.75) is 63.6 Å². The number of hydrogen-bond acceptors (Lipinski definition) is 2. The topological polar surface area (TPSA) is 29.5 Å². The van der Waals surface area contributed by atoms with Crippen LogP contribution in [0, 0.1) is 5.92 Å². The van der Waals surface area contributed by atoms with Gasteiger partial charge in [-0.15, -0.1) is 0 Å². The van der Waals surface area contributed by atoms with Crippen LogP contribution in [0.15, 0.2) is 0 Å². The van der Waals surface area contributed by atoms with Crippen molar-refractivity contribution in [1.29, 1.82) is 0 Å². The van der Waals surface area contributed by atoms with Crippen LogP contribution in [0.4, 0.5) is 0 Å². The number of ether oxygens (including phenoxy) is 1. The summed E-state index contributed by atoms with van der Waals surface area (Å²) in [5, 5.41) is 9.11. The molecular formula is C12H22O2. The Morgan fingerprint density at radius 1 is 1.29 bits per heavy atom. The SMILES string of the molecule is CCC1CCCCC12CCC(CO)O2. The van der Waals surface area contributed by atoms with Gasteiger partial charge >= 0.3 is 0 Å².